The number of imide groups is 1. The van der Waals surface area contributed by atoms with E-state index in [1.165, 1.54) is 19.2 Å². The number of halogens is 5. The summed E-state index contributed by atoms with van der Waals surface area (Å²) in [5.41, 5.74) is 1.51. The van der Waals surface area contributed by atoms with Gasteiger partial charge < -0.3 is 9.84 Å². The van der Waals surface area contributed by atoms with Gasteiger partial charge in [-0.2, -0.15) is 18.2 Å². The highest BCUT2D eigenvalue weighted by Gasteiger charge is 2.66. The first-order valence-electron chi connectivity index (χ1n) is 12.3. The summed E-state index contributed by atoms with van der Waals surface area (Å²) in [7, 11) is 1.42. The van der Waals surface area contributed by atoms with E-state index in [9.17, 15) is 27.9 Å². The van der Waals surface area contributed by atoms with Crippen molar-refractivity contribution in [2.75, 3.05) is 12.5 Å². The van der Waals surface area contributed by atoms with Gasteiger partial charge in [0, 0.05) is 28.8 Å². The fourth-order valence-corrected chi connectivity index (χ4v) is 6.03. The number of methoxy groups -OCH3 is 1. The molecule has 3 unspecified atom stereocenters. The Morgan fingerprint density at radius 1 is 1.17 bits per heavy atom. The number of phenolic OH excluding ortho intramolecular Hbond substituents is 1. The predicted octanol–water partition coefficient (Wildman–Crippen LogP) is 6.67. The van der Waals surface area contributed by atoms with E-state index in [2.05, 4.69) is 17.0 Å². The maximum Gasteiger partial charge on any atom is 0.417 e. The molecule has 2 aliphatic rings. The lowest BCUT2D eigenvalue weighted by Crippen LogP contribution is -2.48. The number of anilines is 1. The van der Waals surface area contributed by atoms with Gasteiger partial charge in [0.15, 0.2) is 5.82 Å². The Labute approximate surface area is 242 Å². The highest BCUT2D eigenvalue weighted by molar-refractivity contribution is 6.33. The number of aromatic nitrogens is 1. The zero-order valence-corrected chi connectivity index (χ0v) is 22.9. The largest absolute Gasteiger partial charge is 0.508 e. The number of carbonyl (C=O) groups excluding carboxylic acids is 2. The number of carbonyl (C=O) groups is 2. The minimum Gasteiger partial charge on any atom is -0.508 e. The first-order chi connectivity index (χ1) is 19.4. The second-order valence-electron chi connectivity index (χ2n) is 9.57. The number of pyridine rings is 1. The molecular formula is C29H22Cl2F3N3O4. The molecule has 3 atom stereocenters. The number of allylic oxidation sites excluding steroid dienone is 3. The van der Waals surface area contributed by atoms with Crippen LogP contribution in [0.3, 0.4) is 0 Å². The van der Waals surface area contributed by atoms with Gasteiger partial charge in [0.1, 0.15) is 11.5 Å². The third-order valence-electron chi connectivity index (χ3n) is 7.47. The van der Waals surface area contributed by atoms with Crippen LogP contribution in [-0.4, -0.2) is 34.0 Å². The molecule has 2 amide bonds. The number of benzene rings is 2. The number of amides is 2. The minimum absolute atomic E-state index is 0.0669. The number of nitrogens with zero attached hydrogens (tertiary/aromatic N) is 2. The van der Waals surface area contributed by atoms with E-state index < -0.39 is 45.8 Å². The zero-order chi connectivity index (χ0) is 29.7. The number of alkyl halides is 3. The van der Waals surface area contributed by atoms with Gasteiger partial charge in [-0.3, -0.25) is 15.0 Å². The Balaban J connectivity index is 1.71. The Hall–Kier alpha value is -4.02. The summed E-state index contributed by atoms with van der Waals surface area (Å²) in [6.07, 6.45) is -0.584. The summed E-state index contributed by atoms with van der Waals surface area (Å²) in [6.45, 7) is 3.93. The van der Waals surface area contributed by atoms with Gasteiger partial charge in [-0.1, -0.05) is 60.1 Å². The van der Waals surface area contributed by atoms with Crippen LogP contribution in [-0.2, 0) is 21.2 Å². The molecular weight excluding hydrogens is 582 g/mol. The summed E-state index contributed by atoms with van der Waals surface area (Å²) >= 11 is 12.3. The summed E-state index contributed by atoms with van der Waals surface area (Å²) in [5, 5.41) is 10.9. The Morgan fingerprint density at radius 2 is 1.88 bits per heavy atom. The van der Waals surface area contributed by atoms with Crippen molar-refractivity contribution in [2.24, 2.45) is 5.92 Å². The standard InChI is InChI=1S/C29H22Cl2F3N3O4/c1-3-15-4-11-21-26(39)37(36-25-22(31)12-17(14-35-25)29(32,33)34)27(40)28(21,16-5-7-18(30)8-6-16)24(15)20-10-9-19(38)13-23(20)41-2/h3-10,12-14,21,24,38H,1,11H2,2H3,(H,35,36). The quantitative estimate of drug-likeness (QED) is 0.306. The highest BCUT2D eigenvalue weighted by atomic mass is 35.5. The number of aromatic hydroxyl groups is 1. The lowest BCUT2D eigenvalue weighted by Gasteiger charge is -2.43. The lowest BCUT2D eigenvalue weighted by molar-refractivity contribution is -0.139. The van der Waals surface area contributed by atoms with Gasteiger partial charge in [-0.25, -0.2) is 4.98 Å². The molecule has 2 heterocycles. The van der Waals surface area contributed by atoms with E-state index >= 15 is 0 Å². The summed E-state index contributed by atoms with van der Waals surface area (Å²) in [5.74, 6) is -3.20. The number of hydrogen-bond acceptors (Lipinski definition) is 6. The first kappa shape index (κ1) is 28.5. The molecule has 3 aromatic rings. The van der Waals surface area contributed by atoms with E-state index in [0.717, 1.165) is 5.01 Å². The molecule has 0 saturated carbocycles. The number of hydrogen-bond donors (Lipinski definition) is 2. The molecule has 0 spiro atoms. The molecule has 2 N–H and O–H groups in total. The summed E-state index contributed by atoms with van der Waals surface area (Å²) < 4.78 is 45.1. The molecule has 5 rings (SSSR count). The fourth-order valence-electron chi connectivity index (χ4n) is 5.70. The average molecular weight is 604 g/mol. The van der Waals surface area contributed by atoms with Gasteiger partial charge in [0.05, 0.1) is 29.0 Å². The molecule has 7 nitrogen and oxygen atoms in total. The van der Waals surface area contributed by atoms with Crippen LogP contribution in [0, 0.1) is 5.92 Å². The summed E-state index contributed by atoms with van der Waals surface area (Å²) in [4.78, 5) is 32.3. The van der Waals surface area contributed by atoms with Crippen molar-refractivity contribution in [1.29, 1.82) is 0 Å². The predicted molar refractivity (Wildman–Crippen MR) is 147 cm³/mol. The molecule has 12 heteroatoms. The van der Waals surface area contributed by atoms with Crippen LogP contribution in [0.25, 0.3) is 0 Å². The fraction of sp³-hybridized carbons (Fsp3) is 0.207. The number of rotatable bonds is 6. The van der Waals surface area contributed by atoms with Crippen LogP contribution >= 0.6 is 23.2 Å². The first-order valence-corrected chi connectivity index (χ1v) is 13.0. The smallest absolute Gasteiger partial charge is 0.417 e. The van der Waals surface area contributed by atoms with E-state index in [4.69, 9.17) is 27.9 Å². The van der Waals surface area contributed by atoms with Crippen LogP contribution in [0.15, 0.2) is 79.0 Å². The summed E-state index contributed by atoms with van der Waals surface area (Å²) in [6, 6.07) is 11.6. The number of nitrogens with one attached hydrogen (secondary N) is 1. The average Bonchev–Trinajstić information content (AvgIpc) is 3.15. The lowest BCUT2D eigenvalue weighted by atomic mass is 9.56. The van der Waals surface area contributed by atoms with Crippen molar-refractivity contribution in [3.63, 3.8) is 0 Å². The zero-order valence-electron chi connectivity index (χ0n) is 21.4. The van der Waals surface area contributed by atoms with Crippen molar-refractivity contribution in [2.45, 2.75) is 23.9 Å². The minimum atomic E-state index is -4.69. The van der Waals surface area contributed by atoms with Crippen molar-refractivity contribution in [1.82, 2.24) is 9.99 Å². The van der Waals surface area contributed by atoms with Gasteiger partial charge in [0.2, 0.25) is 0 Å². The van der Waals surface area contributed by atoms with Crippen LogP contribution < -0.4 is 10.2 Å². The molecule has 41 heavy (non-hydrogen) atoms. The van der Waals surface area contributed by atoms with Gasteiger partial charge in [-0.15, -0.1) is 0 Å². The maximum absolute atomic E-state index is 14.6. The van der Waals surface area contributed by atoms with Crippen LogP contribution in [0.4, 0.5) is 19.0 Å². The molecule has 1 aliphatic carbocycles. The molecule has 212 valence electrons. The van der Waals surface area contributed by atoms with Crippen molar-refractivity contribution in [3.05, 3.63) is 106 Å². The molecule has 1 aliphatic heterocycles. The monoisotopic (exact) mass is 603 g/mol. The van der Waals surface area contributed by atoms with Gasteiger partial charge >= 0.3 is 6.18 Å². The number of phenols is 1. The second kappa shape index (κ2) is 10.4. The molecule has 0 radical (unpaired) electrons. The SMILES string of the molecule is C=CC1=CCC2C(=O)N(Nc3ncc(C(F)(F)F)cc3Cl)C(=O)C2(c2ccc(Cl)cc2)C1c1ccc(O)cc1OC. The van der Waals surface area contributed by atoms with E-state index in [1.807, 2.05) is 0 Å². The van der Waals surface area contributed by atoms with E-state index in [-0.39, 0.29) is 23.7 Å². The number of fused-ring (bicyclic) bond motifs is 1. The number of hydrazine groups is 1. The van der Waals surface area contributed by atoms with Crippen LogP contribution in [0.1, 0.15) is 29.0 Å². The van der Waals surface area contributed by atoms with Crippen molar-refractivity contribution >= 4 is 40.8 Å². The van der Waals surface area contributed by atoms with Crippen LogP contribution in [0.2, 0.25) is 10.0 Å². The Morgan fingerprint density at radius 3 is 2.49 bits per heavy atom. The van der Waals surface area contributed by atoms with Crippen molar-refractivity contribution < 1.29 is 32.6 Å². The molecule has 0 bridgehead atoms. The Kier molecular flexibility index (Phi) is 7.25. The van der Waals surface area contributed by atoms with Gasteiger partial charge in [-0.05, 0) is 41.8 Å². The molecule has 2 aromatic carbocycles. The number of ether oxygens (including phenoxy) is 1. The normalized spacial score (nSPS) is 22.3. The Bertz CT molecular complexity index is 1590. The van der Waals surface area contributed by atoms with Crippen LogP contribution in [0.5, 0.6) is 11.5 Å². The topological polar surface area (TPSA) is 91.8 Å². The van der Waals surface area contributed by atoms with Crippen molar-refractivity contribution in [3.8, 4) is 11.5 Å². The molecule has 1 fully saturated rings. The van der Waals surface area contributed by atoms with Gasteiger partial charge in [0.25, 0.3) is 11.8 Å². The molecule has 1 aromatic heterocycles. The molecule has 1 saturated heterocycles. The third kappa shape index (κ3) is 4.61. The maximum atomic E-state index is 14.6. The highest BCUT2D eigenvalue weighted by Crippen LogP contribution is 2.59. The second-order valence-corrected chi connectivity index (χ2v) is 10.4. The third-order valence-corrected chi connectivity index (χ3v) is 8.01. The van der Waals surface area contributed by atoms with E-state index in [0.29, 0.717) is 34.0 Å². The van der Waals surface area contributed by atoms with E-state index in [1.54, 1.807) is 42.5 Å².